The normalized spacial score (nSPS) is 18.8. The minimum Gasteiger partial charge on any atom is -0.494 e. The van der Waals surface area contributed by atoms with Crippen molar-refractivity contribution in [1.82, 2.24) is 10.2 Å². The zero-order valence-corrected chi connectivity index (χ0v) is 11.9. The first kappa shape index (κ1) is 14.2. The molecule has 1 aromatic carbocycles. The van der Waals surface area contributed by atoms with Crippen LogP contribution in [-0.2, 0) is 0 Å². The third kappa shape index (κ3) is 4.40. The highest BCUT2D eigenvalue weighted by atomic mass is 16.5. The maximum atomic E-state index is 5.75. The second kappa shape index (κ2) is 7.36. The van der Waals surface area contributed by atoms with Crippen LogP contribution in [0.2, 0.25) is 0 Å². The van der Waals surface area contributed by atoms with Crippen molar-refractivity contribution in [2.75, 3.05) is 39.9 Å². The van der Waals surface area contributed by atoms with Gasteiger partial charge in [0.1, 0.15) is 18.1 Å². The molecule has 1 aliphatic rings. The third-order valence-electron chi connectivity index (χ3n) is 3.51. The molecule has 1 fully saturated rings. The fraction of sp³-hybridized carbons (Fsp3) is 0.600. The number of ether oxygens (including phenoxy) is 2. The van der Waals surface area contributed by atoms with E-state index >= 15 is 0 Å². The van der Waals surface area contributed by atoms with E-state index in [1.165, 1.54) is 6.42 Å². The van der Waals surface area contributed by atoms with E-state index in [1.807, 2.05) is 31.2 Å². The molecule has 106 valence electrons. The molecule has 1 heterocycles. The summed E-state index contributed by atoms with van der Waals surface area (Å²) in [6.07, 6.45) is 1.24. The molecule has 0 bridgehead atoms. The first-order valence-corrected chi connectivity index (χ1v) is 7.06. The van der Waals surface area contributed by atoms with Gasteiger partial charge in [0, 0.05) is 19.1 Å². The Labute approximate surface area is 115 Å². The standard InChI is InChI=1S/C15H24N2O2/c1-3-18-14-4-6-15(7-5-14)19-11-10-17(2)13-8-9-16-12-13/h4-7,13,16H,3,8-12H2,1-2H3. The minimum absolute atomic E-state index is 0.656. The summed E-state index contributed by atoms with van der Waals surface area (Å²) in [6.45, 7) is 6.59. The Bertz CT molecular complexity index is 361. The van der Waals surface area contributed by atoms with Gasteiger partial charge >= 0.3 is 0 Å². The predicted molar refractivity (Wildman–Crippen MR) is 77.0 cm³/mol. The van der Waals surface area contributed by atoms with Crippen LogP contribution in [0, 0.1) is 0 Å². The van der Waals surface area contributed by atoms with Gasteiger partial charge in [0.15, 0.2) is 0 Å². The average molecular weight is 264 g/mol. The number of rotatable bonds is 7. The van der Waals surface area contributed by atoms with Crippen LogP contribution < -0.4 is 14.8 Å². The summed E-state index contributed by atoms with van der Waals surface area (Å²) in [5.41, 5.74) is 0. The third-order valence-corrected chi connectivity index (χ3v) is 3.51. The molecule has 0 radical (unpaired) electrons. The summed E-state index contributed by atoms with van der Waals surface area (Å²) in [7, 11) is 2.17. The summed E-state index contributed by atoms with van der Waals surface area (Å²) in [6, 6.07) is 8.47. The molecule has 0 spiro atoms. The summed E-state index contributed by atoms with van der Waals surface area (Å²) in [4.78, 5) is 2.37. The predicted octanol–water partition coefficient (Wildman–Crippen LogP) is 1.76. The van der Waals surface area contributed by atoms with E-state index in [1.54, 1.807) is 0 Å². The van der Waals surface area contributed by atoms with Gasteiger partial charge in [-0.05, 0) is 51.2 Å². The topological polar surface area (TPSA) is 33.7 Å². The van der Waals surface area contributed by atoms with Gasteiger partial charge in [0.2, 0.25) is 0 Å². The summed E-state index contributed by atoms with van der Waals surface area (Å²) >= 11 is 0. The molecule has 1 saturated heterocycles. The Morgan fingerprint density at radius 2 is 1.89 bits per heavy atom. The maximum absolute atomic E-state index is 5.75. The molecule has 1 unspecified atom stereocenters. The number of likely N-dealkylation sites (N-methyl/N-ethyl adjacent to an activating group) is 1. The monoisotopic (exact) mass is 264 g/mol. The molecule has 4 heteroatoms. The smallest absolute Gasteiger partial charge is 0.119 e. The van der Waals surface area contributed by atoms with E-state index in [0.717, 1.165) is 37.7 Å². The Morgan fingerprint density at radius 1 is 1.21 bits per heavy atom. The zero-order valence-electron chi connectivity index (χ0n) is 11.9. The van der Waals surface area contributed by atoms with E-state index < -0.39 is 0 Å². The Kier molecular flexibility index (Phi) is 5.48. The molecule has 0 aromatic heterocycles. The van der Waals surface area contributed by atoms with Crippen LogP contribution in [0.1, 0.15) is 13.3 Å². The van der Waals surface area contributed by atoms with E-state index in [-0.39, 0.29) is 0 Å². The zero-order chi connectivity index (χ0) is 13.5. The molecule has 0 aliphatic carbocycles. The molecule has 0 amide bonds. The lowest BCUT2D eigenvalue weighted by atomic mass is 10.2. The quantitative estimate of drug-likeness (QED) is 0.813. The number of nitrogens with zero attached hydrogens (tertiary/aromatic N) is 1. The van der Waals surface area contributed by atoms with Gasteiger partial charge in [-0.15, -0.1) is 0 Å². The molecule has 4 nitrogen and oxygen atoms in total. The lowest BCUT2D eigenvalue weighted by Crippen LogP contribution is -2.36. The molecule has 19 heavy (non-hydrogen) atoms. The largest absolute Gasteiger partial charge is 0.494 e. The van der Waals surface area contributed by atoms with Gasteiger partial charge in [-0.3, -0.25) is 4.90 Å². The summed E-state index contributed by atoms with van der Waals surface area (Å²) < 4.78 is 11.2. The van der Waals surface area contributed by atoms with E-state index in [0.29, 0.717) is 12.6 Å². The molecule has 1 N–H and O–H groups in total. The highest BCUT2D eigenvalue weighted by molar-refractivity contribution is 5.31. The highest BCUT2D eigenvalue weighted by Gasteiger charge is 2.18. The van der Waals surface area contributed by atoms with Crippen LogP contribution in [0.25, 0.3) is 0 Å². The SMILES string of the molecule is CCOc1ccc(OCCN(C)C2CCNC2)cc1. The van der Waals surface area contributed by atoms with Crippen molar-refractivity contribution in [3.63, 3.8) is 0 Å². The van der Waals surface area contributed by atoms with Crippen LogP contribution >= 0.6 is 0 Å². The van der Waals surface area contributed by atoms with Crippen molar-refractivity contribution < 1.29 is 9.47 Å². The van der Waals surface area contributed by atoms with E-state index in [9.17, 15) is 0 Å². The number of hydrogen-bond donors (Lipinski definition) is 1. The molecule has 1 aliphatic heterocycles. The van der Waals surface area contributed by atoms with Crippen molar-refractivity contribution in [3.05, 3.63) is 24.3 Å². The van der Waals surface area contributed by atoms with Crippen LogP contribution in [0.5, 0.6) is 11.5 Å². The van der Waals surface area contributed by atoms with Crippen molar-refractivity contribution in [2.24, 2.45) is 0 Å². The van der Waals surface area contributed by atoms with E-state index in [2.05, 4.69) is 17.3 Å². The Morgan fingerprint density at radius 3 is 2.47 bits per heavy atom. The second-order valence-electron chi connectivity index (χ2n) is 4.88. The summed E-state index contributed by atoms with van der Waals surface area (Å²) in [5, 5.41) is 3.38. The lowest BCUT2D eigenvalue weighted by molar-refractivity contribution is 0.199. The average Bonchev–Trinajstić information content (AvgIpc) is 2.95. The second-order valence-corrected chi connectivity index (χ2v) is 4.88. The van der Waals surface area contributed by atoms with Gasteiger partial charge in [0.25, 0.3) is 0 Å². The van der Waals surface area contributed by atoms with E-state index in [4.69, 9.17) is 9.47 Å². The van der Waals surface area contributed by atoms with Gasteiger partial charge in [-0.2, -0.15) is 0 Å². The van der Waals surface area contributed by atoms with Crippen molar-refractivity contribution >= 4 is 0 Å². The maximum Gasteiger partial charge on any atom is 0.119 e. The summed E-state index contributed by atoms with van der Waals surface area (Å²) in [5.74, 6) is 1.80. The van der Waals surface area contributed by atoms with Gasteiger partial charge < -0.3 is 14.8 Å². The van der Waals surface area contributed by atoms with Crippen LogP contribution in [-0.4, -0.2) is 50.8 Å². The van der Waals surface area contributed by atoms with Crippen molar-refractivity contribution in [3.8, 4) is 11.5 Å². The molecule has 1 aromatic rings. The van der Waals surface area contributed by atoms with Crippen LogP contribution in [0.3, 0.4) is 0 Å². The van der Waals surface area contributed by atoms with Gasteiger partial charge in [0.05, 0.1) is 6.61 Å². The molecule has 1 atom stereocenters. The van der Waals surface area contributed by atoms with Crippen molar-refractivity contribution in [2.45, 2.75) is 19.4 Å². The lowest BCUT2D eigenvalue weighted by Gasteiger charge is -2.23. The fourth-order valence-electron chi connectivity index (χ4n) is 2.30. The minimum atomic E-state index is 0.656. The fourth-order valence-corrected chi connectivity index (χ4v) is 2.30. The number of benzene rings is 1. The molecule has 0 saturated carbocycles. The number of hydrogen-bond acceptors (Lipinski definition) is 4. The Hall–Kier alpha value is -1.26. The molecule has 2 rings (SSSR count). The van der Waals surface area contributed by atoms with Crippen molar-refractivity contribution in [1.29, 1.82) is 0 Å². The number of nitrogens with one attached hydrogen (secondary N) is 1. The highest BCUT2D eigenvalue weighted by Crippen LogP contribution is 2.17. The van der Waals surface area contributed by atoms with Crippen LogP contribution in [0.4, 0.5) is 0 Å². The Balaban J connectivity index is 1.69. The first-order valence-electron chi connectivity index (χ1n) is 7.06. The molecular weight excluding hydrogens is 240 g/mol. The van der Waals surface area contributed by atoms with Gasteiger partial charge in [-0.25, -0.2) is 0 Å². The van der Waals surface area contributed by atoms with Gasteiger partial charge in [-0.1, -0.05) is 0 Å². The molecular formula is C15H24N2O2. The first-order chi connectivity index (χ1) is 9.29. The van der Waals surface area contributed by atoms with Crippen LogP contribution in [0.15, 0.2) is 24.3 Å².